The Balaban J connectivity index is 2.67. The van der Waals surface area contributed by atoms with E-state index in [2.05, 4.69) is 27.8 Å². The molecule has 0 aliphatic rings. The number of hydrogen-bond acceptors (Lipinski definition) is 2. The molecule has 15 heavy (non-hydrogen) atoms. The van der Waals surface area contributed by atoms with Crippen molar-refractivity contribution in [2.45, 2.75) is 13.0 Å². The Bertz CT molecular complexity index is 297. The van der Waals surface area contributed by atoms with Crippen LogP contribution in [0, 0.1) is 5.92 Å². The summed E-state index contributed by atoms with van der Waals surface area (Å²) in [4.78, 5) is 2.09. The highest BCUT2D eigenvalue weighted by Gasteiger charge is 2.16. The third kappa shape index (κ3) is 3.93. The topological polar surface area (TPSA) is 23.5 Å². The zero-order valence-corrected chi connectivity index (χ0v) is 11.0. The average molecular weight is 272 g/mol. The molecule has 0 fully saturated rings. The first-order valence-corrected chi connectivity index (χ1v) is 5.88. The number of aliphatic hydroxyl groups excluding tert-OH is 1. The van der Waals surface area contributed by atoms with Crippen molar-refractivity contribution in [3.63, 3.8) is 0 Å². The maximum absolute atomic E-state index is 10.1. The zero-order chi connectivity index (χ0) is 11.4. The van der Waals surface area contributed by atoms with Crippen molar-refractivity contribution >= 4 is 15.9 Å². The molecule has 1 aromatic carbocycles. The Morgan fingerprint density at radius 3 is 2.27 bits per heavy atom. The average Bonchev–Trinajstić information content (AvgIpc) is 2.17. The van der Waals surface area contributed by atoms with Gasteiger partial charge in [0.1, 0.15) is 0 Å². The van der Waals surface area contributed by atoms with Gasteiger partial charge >= 0.3 is 0 Å². The van der Waals surface area contributed by atoms with E-state index in [1.807, 2.05) is 38.4 Å². The number of halogens is 1. The first kappa shape index (κ1) is 12.7. The highest BCUT2D eigenvalue weighted by Crippen LogP contribution is 2.23. The van der Waals surface area contributed by atoms with Crippen LogP contribution in [0.1, 0.15) is 18.6 Å². The maximum atomic E-state index is 10.1. The third-order valence-electron chi connectivity index (χ3n) is 2.40. The van der Waals surface area contributed by atoms with Gasteiger partial charge in [0, 0.05) is 11.0 Å². The van der Waals surface area contributed by atoms with E-state index in [1.54, 1.807) is 0 Å². The quantitative estimate of drug-likeness (QED) is 0.911. The second-order valence-corrected chi connectivity index (χ2v) is 5.15. The zero-order valence-electron chi connectivity index (χ0n) is 9.44. The summed E-state index contributed by atoms with van der Waals surface area (Å²) in [7, 11) is 4.04. The summed E-state index contributed by atoms with van der Waals surface area (Å²) < 4.78 is 1.04. The Kier molecular flexibility index (Phi) is 4.77. The summed E-state index contributed by atoms with van der Waals surface area (Å²) in [6.07, 6.45) is -0.388. The highest BCUT2D eigenvalue weighted by atomic mass is 79.9. The molecular weight excluding hydrogens is 254 g/mol. The summed E-state index contributed by atoms with van der Waals surface area (Å²) in [5, 5.41) is 10.1. The van der Waals surface area contributed by atoms with Crippen LogP contribution in [0.15, 0.2) is 28.7 Å². The van der Waals surface area contributed by atoms with Gasteiger partial charge in [0.25, 0.3) is 0 Å². The summed E-state index contributed by atoms with van der Waals surface area (Å²) in [5.41, 5.74) is 0.979. The lowest BCUT2D eigenvalue weighted by Crippen LogP contribution is -2.24. The molecule has 0 spiro atoms. The predicted octanol–water partition coefficient (Wildman–Crippen LogP) is 2.68. The molecular formula is C12H18BrNO. The molecule has 0 unspecified atom stereocenters. The van der Waals surface area contributed by atoms with Gasteiger partial charge in [-0.2, -0.15) is 0 Å². The van der Waals surface area contributed by atoms with Gasteiger partial charge in [-0.1, -0.05) is 35.0 Å². The van der Waals surface area contributed by atoms with E-state index >= 15 is 0 Å². The second kappa shape index (κ2) is 5.64. The lowest BCUT2D eigenvalue weighted by molar-refractivity contribution is 0.100. The molecule has 2 atom stereocenters. The fourth-order valence-electron chi connectivity index (χ4n) is 1.66. The fourth-order valence-corrected chi connectivity index (χ4v) is 1.93. The molecule has 0 aliphatic heterocycles. The SMILES string of the molecule is C[C@H](CN(C)C)[C@H](O)c1ccc(Br)cc1. The van der Waals surface area contributed by atoms with Gasteiger partial charge in [0.2, 0.25) is 0 Å². The minimum atomic E-state index is -0.388. The number of hydrogen-bond donors (Lipinski definition) is 1. The third-order valence-corrected chi connectivity index (χ3v) is 2.93. The van der Waals surface area contributed by atoms with Crippen molar-refractivity contribution < 1.29 is 5.11 Å². The maximum Gasteiger partial charge on any atom is 0.0827 e. The van der Waals surface area contributed by atoms with Crippen LogP contribution in [0.2, 0.25) is 0 Å². The Morgan fingerprint density at radius 2 is 1.80 bits per heavy atom. The second-order valence-electron chi connectivity index (χ2n) is 4.24. The van der Waals surface area contributed by atoms with Crippen LogP contribution >= 0.6 is 15.9 Å². The van der Waals surface area contributed by atoms with Crippen molar-refractivity contribution in [3.05, 3.63) is 34.3 Å². The predicted molar refractivity (Wildman–Crippen MR) is 66.8 cm³/mol. The largest absolute Gasteiger partial charge is 0.388 e. The van der Waals surface area contributed by atoms with E-state index in [0.717, 1.165) is 16.6 Å². The van der Waals surface area contributed by atoms with Crippen LogP contribution in [0.25, 0.3) is 0 Å². The first-order chi connectivity index (χ1) is 7.00. The van der Waals surface area contributed by atoms with E-state index in [-0.39, 0.29) is 12.0 Å². The number of rotatable bonds is 4. The number of benzene rings is 1. The number of nitrogens with zero attached hydrogens (tertiary/aromatic N) is 1. The Hall–Kier alpha value is -0.380. The Morgan fingerprint density at radius 1 is 1.27 bits per heavy atom. The van der Waals surface area contributed by atoms with Crippen LogP contribution < -0.4 is 0 Å². The van der Waals surface area contributed by atoms with Gasteiger partial charge in [-0.05, 0) is 37.7 Å². The highest BCUT2D eigenvalue weighted by molar-refractivity contribution is 9.10. The minimum Gasteiger partial charge on any atom is -0.388 e. The minimum absolute atomic E-state index is 0.237. The molecule has 0 saturated heterocycles. The van der Waals surface area contributed by atoms with Gasteiger partial charge in [0.05, 0.1) is 6.10 Å². The standard InChI is InChI=1S/C12H18BrNO/c1-9(8-14(2)3)12(15)10-4-6-11(13)7-5-10/h4-7,9,12,15H,8H2,1-3H3/t9-,12+/m1/s1. The summed E-state index contributed by atoms with van der Waals surface area (Å²) >= 11 is 3.38. The lowest BCUT2D eigenvalue weighted by Gasteiger charge is -2.22. The van der Waals surface area contributed by atoms with Crippen LogP contribution in [0.3, 0.4) is 0 Å². The molecule has 2 nitrogen and oxygen atoms in total. The van der Waals surface area contributed by atoms with E-state index < -0.39 is 0 Å². The molecule has 0 amide bonds. The van der Waals surface area contributed by atoms with Gasteiger partial charge in [-0.25, -0.2) is 0 Å². The summed E-state index contributed by atoms with van der Waals surface area (Å²) in [6, 6.07) is 7.84. The first-order valence-electron chi connectivity index (χ1n) is 5.09. The lowest BCUT2D eigenvalue weighted by atomic mass is 9.97. The molecule has 1 rings (SSSR count). The van der Waals surface area contributed by atoms with Crippen LogP contribution in [-0.2, 0) is 0 Å². The monoisotopic (exact) mass is 271 g/mol. The normalized spacial score (nSPS) is 15.3. The van der Waals surface area contributed by atoms with E-state index in [1.165, 1.54) is 0 Å². The van der Waals surface area contributed by atoms with Crippen molar-refractivity contribution in [2.24, 2.45) is 5.92 Å². The van der Waals surface area contributed by atoms with Crippen molar-refractivity contribution in [1.29, 1.82) is 0 Å². The van der Waals surface area contributed by atoms with Gasteiger partial charge < -0.3 is 10.0 Å². The van der Waals surface area contributed by atoms with Crippen molar-refractivity contribution in [3.8, 4) is 0 Å². The van der Waals surface area contributed by atoms with Gasteiger partial charge in [-0.15, -0.1) is 0 Å². The Labute approximate surface area is 100 Å². The molecule has 0 aliphatic carbocycles. The molecule has 0 bridgehead atoms. The molecule has 0 heterocycles. The summed E-state index contributed by atoms with van der Waals surface area (Å²) in [5.74, 6) is 0.237. The molecule has 3 heteroatoms. The molecule has 0 radical (unpaired) electrons. The summed E-state index contributed by atoms with van der Waals surface area (Å²) in [6.45, 7) is 2.95. The van der Waals surface area contributed by atoms with E-state index in [4.69, 9.17) is 0 Å². The van der Waals surface area contributed by atoms with Gasteiger partial charge in [0.15, 0.2) is 0 Å². The van der Waals surface area contributed by atoms with E-state index in [9.17, 15) is 5.11 Å². The smallest absolute Gasteiger partial charge is 0.0827 e. The number of aliphatic hydroxyl groups is 1. The van der Waals surface area contributed by atoms with Crippen molar-refractivity contribution in [2.75, 3.05) is 20.6 Å². The fraction of sp³-hybridized carbons (Fsp3) is 0.500. The molecule has 0 saturated carbocycles. The van der Waals surface area contributed by atoms with Crippen LogP contribution in [0.5, 0.6) is 0 Å². The van der Waals surface area contributed by atoms with Gasteiger partial charge in [-0.3, -0.25) is 0 Å². The molecule has 1 aromatic rings. The van der Waals surface area contributed by atoms with Crippen LogP contribution in [-0.4, -0.2) is 30.6 Å². The van der Waals surface area contributed by atoms with Crippen molar-refractivity contribution in [1.82, 2.24) is 4.90 Å². The van der Waals surface area contributed by atoms with E-state index in [0.29, 0.717) is 0 Å². The molecule has 1 N–H and O–H groups in total. The molecule has 0 aromatic heterocycles. The van der Waals surface area contributed by atoms with Crippen LogP contribution in [0.4, 0.5) is 0 Å². The molecule has 84 valence electrons.